The van der Waals surface area contributed by atoms with E-state index in [4.69, 9.17) is 10.00 Å². The number of benzene rings is 2. The van der Waals surface area contributed by atoms with Gasteiger partial charge in [-0.15, -0.1) is 0 Å². The number of nitrogens with zero attached hydrogens (tertiary/aromatic N) is 2. The van der Waals surface area contributed by atoms with Gasteiger partial charge in [-0.1, -0.05) is 12.1 Å². The fourth-order valence-corrected chi connectivity index (χ4v) is 4.84. The molecule has 4 rings (SSSR count). The third-order valence-corrected chi connectivity index (χ3v) is 6.56. The van der Waals surface area contributed by atoms with Crippen LogP contribution in [-0.4, -0.2) is 55.5 Å². The van der Waals surface area contributed by atoms with E-state index in [1.54, 1.807) is 24.3 Å². The monoisotopic (exact) mass is 468 g/mol. The summed E-state index contributed by atoms with van der Waals surface area (Å²) in [5.74, 6) is 0.209. The lowest BCUT2D eigenvalue weighted by Gasteiger charge is -2.40. The third-order valence-electron chi connectivity index (χ3n) is 6.56. The molecule has 2 aromatic carbocycles. The number of halogens is 2. The first-order valence-corrected chi connectivity index (χ1v) is 11.8. The largest absolute Gasteiger partial charge is 0.375 e. The minimum atomic E-state index is -1.19. The van der Waals surface area contributed by atoms with E-state index in [-0.39, 0.29) is 12.2 Å². The topological polar surface area (TPSA) is 77.4 Å². The summed E-state index contributed by atoms with van der Waals surface area (Å²) in [5.41, 5.74) is 2.14. The SMILES string of the molecule is N#Cc1ccc(NC(=O)N[C@@H]2[C@H](F)CCO[C@@H]2CN2CCC[C@@H](Cc3ccc(F)cc3)C2)cc1. The van der Waals surface area contributed by atoms with E-state index in [0.717, 1.165) is 37.9 Å². The van der Waals surface area contributed by atoms with Crippen molar-refractivity contribution in [3.63, 3.8) is 0 Å². The van der Waals surface area contributed by atoms with Crippen molar-refractivity contribution in [1.82, 2.24) is 10.2 Å². The first kappa shape index (κ1) is 24.1. The van der Waals surface area contributed by atoms with Crippen LogP contribution in [0.3, 0.4) is 0 Å². The number of nitriles is 1. The number of carbonyl (C=O) groups is 1. The summed E-state index contributed by atoms with van der Waals surface area (Å²) in [5, 5.41) is 14.4. The Bertz CT molecular complexity index is 993. The first-order chi connectivity index (χ1) is 16.5. The number of alkyl halides is 1. The molecule has 2 aliphatic heterocycles. The van der Waals surface area contributed by atoms with Crippen molar-refractivity contribution in [2.45, 2.75) is 44.0 Å². The summed E-state index contributed by atoms with van der Waals surface area (Å²) in [6.07, 6.45) is 1.62. The molecule has 6 nitrogen and oxygen atoms in total. The predicted molar refractivity (Wildman–Crippen MR) is 126 cm³/mol. The van der Waals surface area contributed by atoms with Gasteiger partial charge in [0, 0.05) is 31.8 Å². The molecule has 34 heavy (non-hydrogen) atoms. The van der Waals surface area contributed by atoms with Gasteiger partial charge in [0.25, 0.3) is 0 Å². The molecule has 0 unspecified atom stereocenters. The van der Waals surface area contributed by atoms with E-state index >= 15 is 0 Å². The van der Waals surface area contributed by atoms with Crippen molar-refractivity contribution in [3.05, 3.63) is 65.5 Å². The second-order valence-corrected chi connectivity index (χ2v) is 9.13. The number of urea groups is 1. The van der Waals surface area contributed by atoms with Crippen molar-refractivity contribution in [2.24, 2.45) is 5.92 Å². The maximum absolute atomic E-state index is 14.8. The molecule has 2 fully saturated rings. The van der Waals surface area contributed by atoms with Crippen molar-refractivity contribution in [2.75, 3.05) is 31.6 Å². The number of rotatable bonds is 6. The van der Waals surface area contributed by atoms with E-state index < -0.39 is 24.3 Å². The number of anilines is 1. The lowest BCUT2D eigenvalue weighted by Crippen LogP contribution is -2.58. The minimum Gasteiger partial charge on any atom is -0.375 e. The van der Waals surface area contributed by atoms with E-state index in [1.807, 2.05) is 18.2 Å². The van der Waals surface area contributed by atoms with Gasteiger partial charge in [0.05, 0.1) is 23.8 Å². The zero-order valence-corrected chi connectivity index (χ0v) is 19.1. The highest BCUT2D eigenvalue weighted by Gasteiger charge is 2.37. The van der Waals surface area contributed by atoms with Crippen LogP contribution in [0.25, 0.3) is 0 Å². The molecule has 2 aliphatic rings. The molecule has 4 atom stereocenters. The van der Waals surface area contributed by atoms with Crippen molar-refractivity contribution < 1.29 is 18.3 Å². The Morgan fingerprint density at radius 3 is 2.65 bits per heavy atom. The first-order valence-electron chi connectivity index (χ1n) is 11.8. The van der Waals surface area contributed by atoms with Crippen LogP contribution < -0.4 is 10.6 Å². The van der Waals surface area contributed by atoms with Gasteiger partial charge in [-0.3, -0.25) is 0 Å². The van der Waals surface area contributed by atoms with Gasteiger partial charge < -0.3 is 20.3 Å². The number of carbonyl (C=O) groups excluding carboxylic acids is 1. The quantitative estimate of drug-likeness (QED) is 0.664. The zero-order valence-electron chi connectivity index (χ0n) is 19.1. The van der Waals surface area contributed by atoms with Crippen LogP contribution in [0.15, 0.2) is 48.5 Å². The van der Waals surface area contributed by atoms with Gasteiger partial charge in [-0.25, -0.2) is 13.6 Å². The second-order valence-electron chi connectivity index (χ2n) is 9.13. The molecular formula is C26H30F2N4O2. The summed E-state index contributed by atoms with van der Waals surface area (Å²) in [6, 6.07) is 13.9. The molecule has 0 aliphatic carbocycles. The van der Waals surface area contributed by atoms with Crippen molar-refractivity contribution >= 4 is 11.7 Å². The Labute approximate surface area is 198 Å². The smallest absolute Gasteiger partial charge is 0.319 e. The average molecular weight is 469 g/mol. The number of hydrogen-bond donors (Lipinski definition) is 2. The highest BCUT2D eigenvalue weighted by atomic mass is 19.1. The molecule has 2 amide bonds. The molecule has 8 heteroatoms. The van der Waals surface area contributed by atoms with E-state index in [9.17, 15) is 13.6 Å². The molecule has 0 aromatic heterocycles. The Morgan fingerprint density at radius 1 is 1.15 bits per heavy atom. The molecule has 0 bridgehead atoms. The number of amides is 2. The second kappa shape index (κ2) is 11.4. The van der Waals surface area contributed by atoms with E-state index in [1.165, 1.54) is 12.1 Å². The Kier molecular flexibility index (Phi) is 8.09. The summed E-state index contributed by atoms with van der Waals surface area (Å²) < 4.78 is 33.9. The van der Waals surface area contributed by atoms with Crippen LogP contribution in [0, 0.1) is 23.1 Å². The molecule has 2 saturated heterocycles. The fourth-order valence-electron chi connectivity index (χ4n) is 4.84. The molecule has 2 heterocycles. The molecule has 0 spiro atoms. The number of ether oxygens (including phenoxy) is 1. The van der Waals surface area contributed by atoms with E-state index in [0.29, 0.717) is 30.3 Å². The molecule has 180 valence electrons. The Balaban J connectivity index is 1.33. The number of piperidine rings is 1. The van der Waals surface area contributed by atoms with Crippen LogP contribution >= 0.6 is 0 Å². The van der Waals surface area contributed by atoms with Gasteiger partial charge in [-0.2, -0.15) is 5.26 Å². The summed E-state index contributed by atoms with van der Waals surface area (Å²) in [4.78, 5) is 14.8. The van der Waals surface area contributed by atoms with Gasteiger partial charge in [0.2, 0.25) is 0 Å². The van der Waals surface area contributed by atoms with Crippen molar-refractivity contribution in [3.8, 4) is 6.07 Å². The van der Waals surface area contributed by atoms with Crippen molar-refractivity contribution in [1.29, 1.82) is 5.26 Å². The molecule has 0 saturated carbocycles. The summed E-state index contributed by atoms with van der Waals surface area (Å²) >= 11 is 0. The maximum Gasteiger partial charge on any atom is 0.319 e. The molecular weight excluding hydrogens is 438 g/mol. The fraction of sp³-hybridized carbons (Fsp3) is 0.462. The standard InChI is InChI=1S/C26H30F2N4O2/c27-21-7-3-18(4-8-21)14-20-2-1-12-32(16-20)17-24-25(23(28)11-13-34-24)31-26(33)30-22-9-5-19(15-29)6-10-22/h3-10,20,23-25H,1-2,11-14,16-17H2,(H2,30,31,33)/t20-,23+,24+,25+/m0/s1. The highest BCUT2D eigenvalue weighted by Crippen LogP contribution is 2.24. The minimum absolute atomic E-state index is 0.231. The molecule has 0 radical (unpaired) electrons. The van der Waals surface area contributed by atoms with Gasteiger partial charge in [0.15, 0.2) is 0 Å². The molecule has 2 aromatic rings. The number of hydrogen-bond acceptors (Lipinski definition) is 4. The van der Waals surface area contributed by atoms with Crippen LogP contribution in [0.2, 0.25) is 0 Å². The highest BCUT2D eigenvalue weighted by molar-refractivity contribution is 5.89. The Morgan fingerprint density at radius 2 is 1.91 bits per heavy atom. The number of likely N-dealkylation sites (tertiary alicyclic amines) is 1. The molecule has 2 N–H and O–H groups in total. The predicted octanol–water partition coefficient (Wildman–Crippen LogP) is 4.27. The van der Waals surface area contributed by atoms with Gasteiger partial charge >= 0.3 is 6.03 Å². The van der Waals surface area contributed by atoms with Gasteiger partial charge in [-0.05, 0) is 73.7 Å². The van der Waals surface area contributed by atoms with Crippen LogP contribution in [0.1, 0.15) is 30.4 Å². The lowest BCUT2D eigenvalue weighted by atomic mass is 9.90. The normalized spacial score (nSPS) is 25.3. The third kappa shape index (κ3) is 6.52. The maximum atomic E-state index is 14.8. The Hall–Kier alpha value is -3.02. The summed E-state index contributed by atoms with van der Waals surface area (Å²) in [6.45, 7) is 2.63. The van der Waals surface area contributed by atoms with Gasteiger partial charge in [0.1, 0.15) is 12.0 Å². The summed E-state index contributed by atoms with van der Waals surface area (Å²) in [7, 11) is 0. The number of nitrogens with one attached hydrogen (secondary N) is 2. The van der Waals surface area contributed by atoms with Crippen LogP contribution in [-0.2, 0) is 11.2 Å². The zero-order chi connectivity index (χ0) is 23.9. The average Bonchev–Trinajstić information content (AvgIpc) is 2.83. The lowest BCUT2D eigenvalue weighted by molar-refractivity contribution is -0.0599. The van der Waals surface area contributed by atoms with E-state index in [2.05, 4.69) is 15.5 Å². The van der Waals surface area contributed by atoms with Crippen LogP contribution in [0.4, 0.5) is 19.3 Å². The van der Waals surface area contributed by atoms with Crippen LogP contribution in [0.5, 0.6) is 0 Å².